The Labute approximate surface area is 137 Å². The molecule has 1 aliphatic carbocycles. The lowest BCUT2D eigenvalue weighted by Gasteiger charge is -2.34. The van der Waals surface area contributed by atoms with E-state index in [4.69, 9.17) is 4.74 Å². The summed E-state index contributed by atoms with van der Waals surface area (Å²) in [6, 6.07) is 11.1. The van der Waals surface area contributed by atoms with Crippen molar-refractivity contribution in [2.45, 2.75) is 68.2 Å². The number of hydrogen-bond donors (Lipinski definition) is 0. The molecule has 4 atom stereocenters. The molecule has 1 saturated heterocycles. The molecule has 0 amide bonds. The summed E-state index contributed by atoms with van der Waals surface area (Å²) in [5.74, 6) is 1.61. The zero-order valence-electron chi connectivity index (χ0n) is 12.8. The van der Waals surface area contributed by atoms with Gasteiger partial charge in [0.1, 0.15) is 0 Å². The quantitative estimate of drug-likeness (QED) is 0.620. The molecule has 0 spiro atoms. The van der Waals surface area contributed by atoms with Crippen LogP contribution >= 0.6 is 15.9 Å². The van der Waals surface area contributed by atoms with Crippen LogP contribution in [0.4, 0.5) is 0 Å². The monoisotopic (exact) mass is 350 g/mol. The molecule has 2 fully saturated rings. The predicted molar refractivity (Wildman–Crippen MR) is 92.1 cm³/mol. The van der Waals surface area contributed by atoms with Crippen LogP contribution in [0.3, 0.4) is 0 Å². The first-order chi connectivity index (χ1) is 10.3. The topological polar surface area (TPSA) is 9.23 Å². The molecule has 1 heterocycles. The van der Waals surface area contributed by atoms with E-state index in [1.807, 2.05) is 0 Å². The molecule has 116 valence electrons. The smallest absolute Gasteiger partial charge is 0.0576 e. The van der Waals surface area contributed by atoms with Gasteiger partial charge in [-0.05, 0) is 62.3 Å². The van der Waals surface area contributed by atoms with Crippen molar-refractivity contribution in [2.75, 3.05) is 6.61 Å². The van der Waals surface area contributed by atoms with Gasteiger partial charge in [-0.25, -0.2) is 0 Å². The first-order valence-corrected chi connectivity index (χ1v) is 9.55. The molecule has 3 rings (SSSR count). The first-order valence-electron chi connectivity index (χ1n) is 8.63. The summed E-state index contributed by atoms with van der Waals surface area (Å²) in [6.45, 7) is 0.991. The summed E-state index contributed by atoms with van der Waals surface area (Å²) in [6.07, 6.45) is 11.1. The molecule has 21 heavy (non-hydrogen) atoms. The van der Waals surface area contributed by atoms with Gasteiger partial charge in [0.2, 0.25) is 0 Å². The van der Waals surface area contributed by atoms with Crippen LogP contribution in [-0.2, 0) is 4.74 Å². The SMILES string of the molecule is BrC1CCC(c2ccccc2)CC1CCCC1CCCO1. The van der Waals surface area contributed by atoms with Gasteiger partial charge in [0.05, 0.1) is 6.10 Å². The molecular formula is C19H27BrO. The van der Waals surface area contributed by atoms with Crippen molar-refractivity contribution in [1.29, 1.82) is 0 Å². The van der Waals surface area contributed by atoms with Crippen molar-refractivity contribution in [2.24, 2.45) is 5.92 Å². The first kappa shape index (κ1) is 15.6. The summed E-state index contributed by atoms with van der Waals surface area (Å²) >= 11 is 3.94. The van der Waals surface area contributed by atoms with Crippen molar-refractivity contribution in [3.05, 3.63) is 35.9 Å². The van der Waals surface area contributed by atoms with E-state index in [2.05, 4.69) is 46.3 Å². The summed E-state index contributed by atoms with van der Waals surface area (Å²) in [5.41, 5.74) is 1.54. The number of alkyl halides is 1. The molecule has 0 bridgehead atoms. The van der Waals surface area contributed by atoms with Crippen LogP contribution in [0, 0.1) is 5.92 Å². The molecule has 0 aromatic heterocycles. The molecule has 1 aromatic rings. The van der Waals surface area contributed by atoms with Gasteiger partial charge in [0.25, 0.3) is 0 Å². The molecular weight excluding hydrogens is 324 g/mol. The van der Waals surface area contributed by atoms with Crippen LogP contribution < -0.4 is 0 Å². The fourth-order valence-electron chi connectivity index (χ4n) is 4.03. The number of rotatable bonds is 5. The lowest BCUT2D eigenvalue weighted by atomic mass is 9.76. The van der Waals surface area contributed by atoms with Crippen molar-refractivity contribution in [1.82, 2.24) is 0 Å². The van der Waals surface area contributed by atoms with E-state index in [0.29, 0.717) is 6.10 Å². The molecule has 2 aliphatic rings. The van der Waals surface area contributed by atoms with Crippen molar-refractivity contribution >= 4 is 15.9 Å². The highest BCUT2D eigenvalue weighted by atomic mass is 79.9. The van der Waals surface area contributed by atoms with E-state index < -0.39 is 0 Å². The molecule has 1 nitrogen and oxygen atoms in total. The van der Waals surface area contributed by atoms with Gasteiger partial charge in [-0.2, -0.15) is 0 Å². The molecule has 0 radical (unpaired) electrons. The highest BCUT2D eigenvalue weighted by Crippen LogP contribution is 2.41. The summed E-state index contributed by atoms with van der Waals surface area (Å²) in [7, 11) is 0. The second-order valence-electron chi connectivity index (χ2n) is 6.76. The second kappa shape index (κ2) is 7.78. The minimum absolute atomic E-state index is 0.562. The third-order valence-electron chi connectivity index (χ3n) is 5.29. The third-order valence-corrected chi connectivity index (χ3v) is 6.49. The zero-order valence-corrected chi connectivity index (χ0v) is 14.4. The van der Waals surface area contributed by atoms with Gasteiger partial charge in [-0.15, -0.1) is 0 Å². The Balaban J connectivity index is 1.49. The molecule has 1 saturated carbocycles. The van der Waals surface area contributed by atoms with E-state index >= 15 is 0 Å². The molecule has 1 aromatic carbocycles. The van der Waals surface area contributed by atoms with E-state index in [9.17, 15) is 0 Å². The second-order valence-corrected chi connectivity index (χ2v) is 7.94. The Morgan fingerprint density at radius 1 is 1.05 bits per heavy atom. The standard InChI is InChI=1S/C19H27BrO/c20-19-12-11-16(15-6-2-1-3-7-15)14-17(19)8-4-9-18-10-5-13-21-18/h1-3,6-7,16-19H,4-5,8-14H2. The largest absolute Gasteiger partial charge is 0.378 e. The van der Waals surface area contributed by atoms with E-state index in [1.54, 1.807) is 5.56 Å². The molecule has 1 aliphatic heterocycles. The van der Waals surface area contributed by atoms with Crippen LogP contribution in [0.2, 0.25) is 0 Å². The van der Waals surface area contributed by atoms with Gasteiger partial charge in [-0.3, -0.25) is 0 Å². The van der Waals surface area contributed by atoms with Crippen LogP contribution in [0.25, 0.3) is 0 Å². The maximum absolute atomic E-state index is 5.75. The molecule has 0 N–H and O–H groups in total. The molecule has 2 heteroatoms. The number of ether oxygens (including phenoxy) is 1. The Morgan fingerprint density at radius 2 is 1.90 bits per heavy atom. The third kappa shape index (κ3) is 4.32. The lowest BCUT2D eigenvalue weighted by Crippen LogP contribution is -2.24. The Bertz CT molecular complexity index is 413. The highest BCUT2D eigenvalue weighted by molar-refractivity contribution is 9.09. The Kier molecular flexibility index (Phi) is 5.76. The van der Waals surface area contributed by atoms with Crippen LogP contribution in [0.15, 0.2) is 30.3 Å². The Hall–Kier alpha value is -0.340. The van der Waals surface area contributed by atoms with Gasteiger partial charge >= 0.3 is 0 Å². The van der Waals surface area contributed by atoms with E-state index in [0.717, 1.165) is 23.3 Å². The fourth-order valence-corrected chi connectivity index (χ4v) is 4.78. The summed E-state index contributed by atoms with van der Waals surface area (Å²) < 4.78 is 5.75. The van der Waals surface area contributed by atoms with Crippen molar-refractivity contribution in [3.63, 3.8) is 0 Å². The van der Waals surface area contributed by atoms with Crippen LogP contribution in [0.5, 0.6) is 0 Å². The fraction of sp³-hybridized carbons (Fsp3) is 0.684. The minimum atomic E-state index is 0.562. The average Bonchev–Trinajstić information content (AvgIpc) is 3.03. The van der Waals surface area contributed by atoms with E-state index in [1.165, 1.54) is 51.4 Å². The normalized spacial score (nSPS) is 33.2. The van der Waals surface area contributed by atoms with Crippen molar-refractivity contribution < 1.29 is 4.74 Å². The predicted octanol–water partition coefficient (Wildman–Crippen LogP) is 5.68. The number of halogens is 1. The number of hydrogen-bond acceptors (Lipinski definition) is 1. The number of benzene rings is 1. The maximum atomic E-state index is 5.75. The Morgan fingerprint density at radius 3 is 2.67 bits per heavy atom. The maximum Gasteiger partial charge on any atom is 0.0576 e. The summed E-state index contributed by atoms with van der Waals surface area (Å²) in [4.78, 5) is 0.724. The summed E-state index contributed by atoms with van der Waals surface area (Å²) in [5, 5.41) is 0. The van der Waals surface area contributed by atoms with Gasteiger partial charge < -0.3 is 4.74 Å². The highest BCUT2D eigenvalue weighted by Gasteiger charge is 2.29. The minimum Gasteiger partial charge on any atom is -0.378 e. The van der Waals surface area contributed by atoms with Gasteiger partial charge in [0.15, 0.2) is 0 Å². The zero-order chi connectivity index (χ0) is 14.5. The molecule has 4 unspecified atom stereocenters. The van der Waals surface area contributed by atoms with Gasteiger partial charge in [-0.1, -0.05) is 52.7 Å². The van der Waals surface area contributed by atoms with Crippen molar-refractivity contribution in [3.8, 4) is 0 Å². The average molecular weight is 351 g/mol. The van der Waals surface area contributed by atoms with E-state index in [-0.39, 0.29) is 0 Å². The van der Waals surface area contributed by atoms with Crippen LogP contribution in [0.1, 0.15) is 62.8 Å². The van der Waals surface area contributed by atoms with Crippen LogP contribution in [-0.4, -0.2) is 17.5 Å². The lowest BCUT2D eigenvalue weighted by molar-refractivity contribution is 0.0999. The van der Waals surface area contributed by atoms with Gasteiger partial charge in [0, 0.05) is 11.4 Å².